The van der Waals surface area contributed by atoms with Crippen LogP contribution in [0.5, 0.6) is 17.2 Å². The minimum absolute atomic E-state index is 0.386. The third-order valence-electron chi connectivity index (χ3n) is 6.05. The number of fused-ring (bicyclic) bond motifs is 7. The van der Waals surface area contributed by atoms with Gasteiger partial charge in [0.05, 0.1) is 48.9 Å². The van der Waals surface area contributed by atoms with Crippen LogP contribution in [-0.2, 0) is 0 Å². The first-order chi connectivity index (χ1) is 16.6. The molecule has 0 N–H and O–H groups in total. The molecule has 1 aliphatic heterocycles. The highest BCUT2D eigenvalue weighted by Gasteiger charge is 2.35. The average Bonchev–Trinajstić information content (AvgIpc) is 3.25. The molecule has 6 rings (SSSR count). The number of para-hydroxylation sites is 3. The summed E-state index contributed by atoms with van der Waals surface area (Å²) >= 11 is 1.49. The van der Waals surface area contributed by atoms with Gasteiger partial charge in [0, 0.05) is 5.39 Å². The third-order valence-corrected chi connectivity index (χ3v) is 7.28. The maximum absolute atomic E-state index is 13.5. The predicted molar refractivity (Wildman–Crippen MR) is 131 cm³/mol. The van der Waals surface area contributed by atoms with E-state index in [-0.39, 0.29) is 5.63 Å². The molecule has 0 amide bonds. The summed E-state index contributed by atoms with van der Waals surface area (Å²) in [4.78, 5) is 18.3. The van der Waals surface area contributed by atoms with Crippen LogP contribution in [0.4, 0.5) is 0 Å². The molecule has 34 heavy (non-hydrogen) atoms. The Morgan fingerprint density at radius 1 is 0.941 bits per heavy atom. The van der Waals surface area contributed by atoms with E-state index in [1.165, 1.54) is 11.8 Å². The second kappa shape index (κ2) is 7.85. The van der Waals surface area contributed by atoms with Gasteiger partial charge in [-0.15, -0.1) is 0 Å². The van der Waals surface area contributed by atoms with Crippen molar-refractivity contribution < 1.29 is 18.6 Å². The van der Waals surface area contributed by atoms with Crippen molar-refractivity contribution in [1.29, 1.82) is 0 Å². The van der Waals surface area contributed by atoms with Crippen molar-refractivity contribution in [2.45, 2.75) is 10.4 Å². The lowest BCUT2D eigenvalue weighted by molar-refractivity contribution is 0.324. The van der Waals surface area contributed by atoms with E-state index in [1.807, 2.05) is 60.7 Å². The lowest BCUT2D eigenvalue weighted by atomic mass is 10.0. The molecule has 8 heteroatoms. The second-order valence-electron chi connectivity index (χ2n) is 7.82. The van der Waals surface area contributed by atoms with Gasteiger partial charge in [-0.25, -0.2) is 9.78 Å². The van der Waals surface area contributed by atoms with Gasteiger partial charge in [0.1, 0.15) is 5.58 Å². The Morgan fingerprint density at radius 3 is 2.38 bits per heavy atom. The lowest BCUT2D eigenvalue weighted by Crippen LogP contribution is -2.21. The highest BCUT2D eigenvalue weighted by Crippen LogP contribution is 2.51. The zero-order valence-electron chi connectivity index (χ0n) is 18.7. The summed E-state index contributed by atoms with van der Waals surface area (Å²) in [6, 6.07) is 19.2. The number of thioether (sulfide) groups is 1. The number of nitrogens with zero attached hydrogens (tertiary/aromatic N) is 2. The Labute approximate surface area is 198 Å². The molecule has 170 valence electrons. The molecule has 1 atom stereocenters. The zero-order chi connectivity index (χ0) is 23.4. The summed E-state index contributed by atoms with van der Waals surface area (Å²) in [5.74, 6) is 1.53. The van der Waals surface area contributed by atoms with Crippen molar-refractivity contribution in [2.75, 3.05) is 21.3 Å². The van der Waals surface area contributed by atoms with Gasteiger partial charge in [0.2, 0.25) is 5.75 Å². The Hall–Kier alpha value is -3.91. The maximum Gasteiger partial charge on any atom is 0.343 e. The number of ether oxygens (including phenoxy) is 3. The van der Waals surface area contributed by atoms with Gasteiger partial charge >= 0.3 is 5.63 Å². The quantitative estimate of drug-likeness (QED) is 0.326. The number of hydrogen-bond acceptors (Lipinski definition) is 7. The van der Waals surface area contributed by atoms with Gasteiger partial charge in [0.25, 0.3) is 0 Å². The minimum atomic E-state index is -0.395. The van der Waals surface area contributed by atoms with E-state index in [0.29, 0.717) is 28.4 Å². The van der Waals surface area contributed by atoms with Crippen molar-refractivity contribution in [2.24, 2.45) is 0 Å². The standard InChI is InChI=1S/C26H20N2O5S/c1-30-19-12-14(13-20(31-2)23(19)32-3)24-21-22(15-8-4-7-11-18(15)33-25(21)29)28-17-10-6-5-9-16(17)27-26(28)34-24/h4-13,24H,1-3H3. The van der Waals surface area contributed by atoms with E-state index in [4.69, 9.17) is 23.6 Å². The molecule has 0 bridgehead atoms. The molecule has 2 aromatic heterocycles. The Balaban J connectivity index is 1.71. The van der Waals surface area contributed by atoms with Gasteiger partial charge in [-0.2, -0.15) is 0 Å². The van der Waals surface area contributed by atoms with Gasteiger partial charge in [0.15, 0.2) is 16.7 Å². The van der Waals surface area contributed by atoms with Gasteiger partial charge in [-0.3, -0.25) is 4.57 Å². The lowest BCUT2D eigenvalue weighted by Gasteiger charge is -2.27. The number of aromatic nitrogens is 2. The zero-order valence-corrected chi connectivity index (χ0v) is 19.5. The van der Waals surface area contributed by atoms with Crippen LogP contribution in [0.3, 0.4) is 0 Å². The van der Waals surface area contributed by atoms with Crippen LogP contribution in [0.2, 0.25) is 0 Å². The molecule has 0 aliphatic carbocycles. The highest BCUT2D eigenvalue weighted by molar-refractivity contribution is 7.99. The van der Waals surface area contributed by atoms with E-state index in [2.05, 4.69) is 4.57 Å². The van der Waals surface area contributed by atoms with E-state index >= 15 is 0 Å². The number of hydrogen-bond donors (Lipinski definition) is 0. The van der Waals surface area contributed by atoms with E-state index in [9.17, 15) is 4.79 Å². The van der Waals surface area contributed by atoms with Crippen molar-refractivity contribution in [1.82, 2.24) is 9.55 Å². The van der Waals surface area contributed by atoms with Crippen LogP contribution in [0.25, 0.3) is 27.7 Å². The van der Waals surface area contributed by atoms with Crippen LogP contribution < -0.4 is 19.8 Å². The molecule has 0 radical (unpaired) electrons. The summed E-state index contributed by atoms with van der Waals surface area (Å²) in [6.45, 7) is 0. The second-order valence-corrected chi connectivity index (χ2v) is 8.90. The first-order valence-corrected chi connectivity index (χ1v) is 11.5. The SMILES string of the molecule is COc1cc(C2Sc3nc4ccccc4n3-c3c2c(=O)oc2ccccc32)cc(OC)c1OC. The maximum atomic E-state index is 13.5. The summed E-state index contributed by atoms with van der Waals surface area (Å²) in [7, 11) is 4.71. The fourth-order valence-corrected chi connectivity index (χ4v) is 5.83. The van der Waals surface area contributed by atoms with Gasteiger partial charge in [-0.1, -0.05) is 36.0 Å². The van der Waals surface area contributed by atoms with Gasteiger partial charge < -0.3 is 18.6 Å². The molecule has 0 saturated heterocycles. The molecular formula is C26H20N2O5S. The number of benzene rings is 3. The van der Waals surface area contributed by atoms with E-state index in [1.54, 1.807) is 21.3 Å². The summed E-state index contributed by atoms with van der Waals surface area (Å²) in [5, 5.41) is 1.25. The van der Waals surface area contributed by atoms with Crippen molar-refractivity contribution >= 4 is 33.8 Å². The smallest absolute Gasteiger partial charge is 0.343 e. The fraction of sp³-hybridized carbons (Fsp3) is 0.154. The van der Waals surface area contributed by atoms with Crippen molar-refractivity contribution in [3.05, 3.63) is 82.2 Å². The fourth-order valence-electron chi connectivity index (χ4n) is 4.57. The van der Waals surface area contributed by atoms with Crippen LogP contribution >= 0.6 is 11.8 Å². The Bertz CT molecular complexity index is 1610. The molecule has 1 aliphatic rings. The summed E-state index contributed by atoms with van der Waals surface area (Å²) < 4.78 is 24.5. The molecule has 7 nitrogen and oxygen atoms in total. The largest absolute Gasteiger partial charge is 0.493 e. The molecule has 5 aromatic rings. The van der Waals surface area contributed by atoms with Crippen LogP contribution in [0.15, 0.2) is 75.0 Å². The van der Waals surface area contributed by atoms with Crippen molar-refractivity contribution in [3.8, 4) is 22.9 Å². The van der Waals surface area contributed by atoms with Crippen LogP contribution in [0.1, 0.15) is 16.4 Å². The van der Waals surface area contributed by atoms with Crippen LogP contribution in [0, 0.1) is 0 Å². The summed E-state index contributed by atoms with van der Waals surface area (Å²) in [5.41, 5.74) is 4.10. The topological polar surface area (TPSA) is 75.7 Å². The van der Waals surface area contributed by atoms with Crippen LogP contribution in [-0.4, -0.2) is 30.9 Å². The molecule has 0 spiro atoms. The number of methoxy groups -OCH3 is 3. The predicted octanol–water partition coefficient (Wildman–Crippen LogP) is 5.35. The van der Waals surface area contributed by atoms with E-state index < -0.39 is 5.25 Å². The molecular weight excluding hydrogens is 452 g/mol. The Kier molecular flexibility index (Phi) is 4.77. The molecule has 1 unspecified atom stereocenters. The molecule has 0 saturated carbocycles. The first-order valence-electron chi connectivity index (χ1n) is 10.6. The minimum Gasteiger partial charge on any atom is -0.493 e. The molecule has 3 heterocycles. The highest BCUT2D eigenvalue weighted by atomic mass is 32.2. The van der Waals surface area contributed by atoms with Crippen molar-refractivity contribution in [3.63, 3.8) is 0 Å². The monoisotopic (exact) mass is 472 g/mol. The van der Waals surface area contributed by atoms with E-state index in [0.717, 1.165) is 32.8 Å². The Morgan fingerprint density at radius 2 is 1.65 bits per heavy atom. The average molecular weight is 473 g/mol. The van der Waals surface area contributed by atoms with Gasteiger partial charge in [-0.05, 0) is 42.0 Å². The molecule has 0 fully saturated rings. The third kappa shape index (κ3) is 2.92. The summed E-state index contributed by atoms with van der Waals surface area (Å²) in [6.07, 6.45) is 0. The first kappa shape index (κ1) is 20.7. The normalized spacial score (nSPS) is 14.6. The number of rotatable bonds is 4. The molecule has 3 aromatic carbocycles. The number of imidazole rings is 1.